The van der Waals surface area contributed by atoms with Gasteiger partial charge < -0.3 is 43.7 Å². The van der Waals surface area contributed by atoms with Crippen molar-refractivity contribution in [1.82, 2.24) is 68.4 Å². The van der Waals surface area contributed by atoms with E-state index < -0.39 is 30.5 Å². The number of aromatic nitrogens is 12. The number of hydrogen-bond acceptors (Lipinski definition) is 15. The monoisotopic (exact) mass is 1170 g/mol. The molecule has 0 aliphatic carbocycles. The highest BCUT2D eigenvalue weighted by atomic mass is 19.3. The molecule has 4 fully saturated rings. The number of alkyl halides is 4. The molecule has 2 N–H and O–H groups in total. The molecule has 0 saturated carbocycles. The third-order valence-corrected chi connectivity index (χ3v) is 15.4. The van der Waals surface area contributed by atoms with Gasteiger partial charge in [0, 0.05) is 56.9 Å². The number of benzene rings is 4. The van der Waals surface area contributed by atoms with Crippen molar-refractivity contribution < 1.29 is 50.5 Å². The van der Waals surface area contributed by atoms with E-state index in [0.717, 1.165) is 38.1 Å². The number of aromatic carboxylic acids is 1. The van der Waals surface area contributed by atoms with E-state index >= 15 is 0 Å². The van der Waals surface area contributed by atoms with E-state index in [1.54, 1.807) is 60.0 Å². The largest absolute Gasteiger partial charge is 0.478 e. The molecule has 85 heavy (non-hydrogen) atoms. The first-order valence-corrected chi connectivity index (χ1v) is 27.8. The van der Waals surface area contributed by atoms with Crippen LogP contribution in [0.1, 0.15) is 83.0 Å². The minimum Gasteiger partial charge on any atom is -0.478 e. The Kier molecular flexibility index (Phi) is 16.3. The van der Waals surface area contributed by atoms with Gasteiger partial charge in [0.2, 0.25) is 11.9 Å². The Bertz CT molecular complexity index is 4000. The van der Waals surface area contributed by atoms with Crippen LogP contribution in [0.25, 0.3) is 56.0 Å². The smallest absolute Gasteiger partial charge is 0.335 e. The number of carboxylic acids is 1. The fourth-order valence-corrected chi connectivity index (χ4v) is 11.1. The van der Waals surface area contributed by atoms with Crippen molar-refractivity contribution >= 4 is 68.2 Å². The van der Waals surface area contributed by atoms with E-state index in [2.05, 4.69) is 29.8 Å². The van der Waals surface area contributed by atoms with Gasteiger partial charge in [0.05, 0.1) is 66.7 Å². The first-order chi connectivity index (χ1) is 41.4. The molecular weight excluding hydrogens is 1110 g/mol. The molecule has 14 rings (SSSR count). The number of hydrogen-bond donors (Lipinski definition) is 2. The Morgan fingerprint density at radius 2 is 0.953 bits per heavy atom. The number of nitrogens with zero attached hydrogens (tertiary/aromatic N) is 15. The SMILES string of the molecule is FC(F)c1nc2ccccc2n1-c1nc(N2CCOCC2)nc2c1ncn2C1CCNCC1.O=C(O)c1ccc(F)cc1.O=C(c1ccc(F)cc1)N1CCC(n2cnc3c(-n4c(C(F)F)nc5ccccc54)nc(N4CCOCC4)nc32)CC1. The van der Waals surface area contributed by atoms with E-state index in [1.807, 2.05) is 20.4 Å². The number of fused-ring (bicyclic) bond motifs is 4. The van der Waals surface area contributed by atoms with Crippen LogP contribution >= 0.6 is 0 Å². The minimum absolute atomic E-state index is 0.0262. The number of para-hydroxylation sites is 4. The van der Waals surface area contributed by atoms with Crippen molar-refractivity contribution in [2.75, 3.05) is 88.6 Å². The maximum atomic E-state index is 14.3. The quantitative estimate of drug-likeness (QED) is 0.122. The van der Waals surface area contributed by atoms with E-state index in [4.69, 9.17) is 34.5 Å². The number of anilines is 2. The lowest BCUT2D eigenvalue weighted by molar-refractivity contribution is 0.0687. The van der Waals surface area contributed by atoms with Crippen molar-refractivity contribution in [3.8, 4) is 11.6 Å². The summed E-state index contributed by atoms with van der Waals surface area (Å²) in [6.07, 6.45) is 1.03. The summed E-state index contributed by atoms with van der Waals surface area (Å²) in [7, 11) is 0. The van der Waals surface area contributed by atoms with Gasteiger partial charge in [0.15, 0.2) is 45.6 Å². The fourth-order valence-electron chi connectivity index (χ4n) is 11.1. The van der Waals surface area contributed by atoms with E-state index in [-0.39, 0.29) is 41.0 Å². The van der Waals surface area contributed by atoms with E-state index in [1.165, 1.54) is 45.5 Å². The molecule has 6 aromatic heterocycles. The van der Waals surface area contributed by atoms with Crippen LogP contribution in [0.2, 0.25) is 0 Å². The minimum atomic E-state index is -2.83. The molecule has 10 heterocycles. The molecule has 0 spiro atoms. The second-order valence-electron chi connectivity index (χ2n) is 20.6. The molecule has 4 aromatic carbocycles. The first kappa shape index (κ1) is 56.4. The van der Waals surface area contributed by atoms with Gasteiger partial charge in [0.1, 0.15) is 11.6 Å². The lowest BCUT2D eigenvalue weighted by atomic mass is 10.0. The van der Waals surface area contributed by atoms with Crippen molar-refractivity contribution in [1.29, 1.82) is 0 Å². The zero-order valence-corrected chi connectivity index (χ0v) is 45.6. The van der Waals surface area contributed by atoms with E-state index in [0.29, 0.717) is 146 Å². The molecule has 21 nitrogen and oxygen atoms in total. The summed E-state index contributed by atoms with van der Waals surface area (Å²) >= 11 is 0. The zero-order chi connectivity index (χ0) is 58.7. The Morgan fingerprint density at radius 3 is 1.39 bits per heavy atom. The molecule has 0 radical (unpaired) electrons. The number of morpholine rings is 2. The molecule has 4 aliphatic rings. The van der Waals surface area contributed by atoms with Crippen LogP contribution in [0, 0.1) is 11.6 Å². The number of carbonyl (C=O) groups excluding carboxylic acids is 1. The van der Waals surface area contributed by atoms with Crippen molar-refractivity contribution in [3.05, 3.63) is 144 Å². The van der Waals surface area contributed by atoms with Crippen LogP contribution in [0.4, 0.5) is 38.2 Å². The van der Waals surface area contributed by atoms with Gasteiger partial charge in [-0.05, 0) is 112 Å². The molecule has 440 valence electrons. The molecule has 4 aliphatic heterocycles. The molecule has 0 unspecified atom stereocenters. The summed E-state index contributed by atoms with van der Waals surface area (Å²) < 4.78 is 100. The average molecular weight is 1170 g/mol. The van der Waals surface area contributed by atoms with Crippen LogP contribution in [0.5, 0.6) is 0 Å². The number of carbonyl (C=O) groups is 2. The van der Waals surface area contributed by atoms with Crippen molar-refractivity contribution in [2.24, 2.45) is 0 Å². The second kappa shape index (κ2) is 24.6. The lowest BCUT2D eigenvalue weighted by Crippen LogP contribution is -2.39. The van der Waals surface area contributed by atoms with Gasteiger partial charge in [-0.15, -0.1) is 0 Å². The normalized spacial score (nSPS) is 16.4. The summed E-state index contributed by atoms with van der Waals surface area (Å²) in [5, 5.41) is 11.7. The van der Waals surface area contributed by atoms with Gasteiger partial charge in [-0.2, -0.15) is 19.9 Å². The number of rotatable bonds is 10. The zero-order valence-electron chi connectivity index (χ0n) is 45.6. The molecule has 0 atom stereocenters. The topological polar surface area (TPSA) is 217 Å². The number of imidazole rings is 4. The number of carboxylic acid groups (broad SMARTS) is 1. The summed E-state index contributed by atoms with van der Waals surface area (Å²) in [4.78, 5) is 66.0. The number of ether oxygens (including phenoxy) is 2. The first-order valence-electron chi connectivity index (χ1n) is 27.8. The molecule has 10 aromatic rings. The number of piperidine rings is 2. The Hall–Kier alpha value is -9.08. The number of halogens is 6. The molecule has 27 heteroatoms. The summed E-state index contributed by atoms with van der Waals surface area (Å²) in [5.74, 6) is -1.28. The number of likely N-dealkylation sites (tertiary alicyclic amines) is 1. The predicted octanol–water partition coefficient (Wildman–Crippen LogP) is 8.94. The Labute approximate surface area is 480 Å². The third-order valence-electron chi connectivity index (χ3n) is 15.4. The Balaban J connectivity index is 0.000000146. The van der Waals surface area contributed by atoms with Gasteiger partial charge in [-0.25, -0.2) is 51.1 Å². The predicted molar refractivity (Wildman–Crippen MR) is 301 cm³/mol. The highest BCUT2D eigenvalue weighted by molar-refractivity contribution is 5.94. The number of nitrogens with one attached hydrogen (secondary N) is 1. The second-order valence-corrected chi connectivity index (χ2v) is 20.6. The highest BCUT2D eigenvalue weighted by Gasteiger charge is 2.32. The van der Waals surface area contributed by atoms with Crippen molar-refractivity contribution in [2.45, 2.75) is 50.6 Å². The molecular formula is C58H56F6N16O5. The van der Waals surface area contributed by atoms with Gasteiger partial charge in [-0.3, -0.25) is 13.9 Å². The van der Waals surface area contributed by atoms with E-state index in [9.17, 15) is 35.9 Å². The summed E-state index contributed by atoms with van der Waals surface area (Å²) in [6.45, 7) is 7.39. The summed E-state index contributed by atoms with van der Waals surface area (Å²) in [6, 6.07) is 24.5. The Morgan fingerprint density at radius 1 is 0.529 bits per heavy atom. The third kappa shape index (κ3) is 11.6. The van der Waals surface area contributed by atoms with Crippen LogP contribution in [0.15, 0.2) is 110 Å². The van der Waals surface area contributed by atoms with Crippen LogP contribution in [-0.4, -0.2) is 159 Å². The maximum absolute atomic E-state index is 14.3. The molecule has 1 amide bonds. The number of amides is 1. The van der Waals surface area contributed by atoms with Gasteiger partial charge >= 0.3 is 5.97 Å². The van der Waals surface area contributed by atoms with Crippen molar-refractivity contribution in [3.63, 3.8) is 0 Å². The molecule has 4 saturated heterocycles. The summed E-state index contributed by atoms with van der Waals surface area (Å²) in [5.41, 5.74) is 4.61. The highest BCUT2D eigenvalue weighted by Crippen LogP contribution is 2.36. The van der Waals surface area contributed by atoms with Crippen LogP contribution in [0.3, 0.4) is 0 Å². The lowest BCUT2D eigenvalue weighted by Gasteiger charge is -2.33. The van der Waals surface area contributed by atoms with Gasteiger partial charge in [-0.1, -0.05) is 24.3 Å². The fraction of sp³-hybridized carbons (Fsp3) is 0.345. The standard InChI is InChI=1S/C29H27F3N8O2.C22H24F2N8O.C7H5FO2/c30-19-7-5-18(6-8-19)28(41)37-11-9-20(10-12-37)39-17-33-23-25(39)35-29(38-13-15-42-16-14-38)36-26(23)40-22-4-2-1-3-21(22)34-27(40)24(31)32;23-18(24)21-27-15-3-1-2-4-16(15)32(21)20-17-19(28-22(29-20)30-9-11-33-12-10-30)31(13-26-17)14-5-7-25-8-6-14;8-6-3-1-5(2-4-6)7(9)10/h1-8,17,20,24H,9-16H2;1-4,13-14,18,25H,5-12H2;1-4H,(H,9,10). The molecule has 0 bridgehead atoms. The van der Waals surface area contributed by atoms with Crippen LogP contribution in [-0.2, 0) is 9.47 Å². The van der Waals surface area contributed by atoms with Gasteiger partial charge in [0.25, 0.3) is 18.8 Å². The van der Waals surface area contributed by atoms with Crippen LogP contribution < -0.4 is 15.1 Å². The maximum Gasteiger partial charge on any atom is 0.335 e. The average Bonchev–Trinajstić information content (AvgIpc) is 3.45.